The first kappa shape index (κ1) is 19.7. The molecule has 1 fully saturated rings. The van der Waals surface area contributed by atoms with Crippen LogP contribution in [-0.4, -0.2) is 61.7 Å². The monoisotopic (exact) mass is 388 g/mol. The van der Waals surface area contributed by atoms with E-state index in [-0.39, 0.29) is 6.61 Å². The van der Waals surface area contributed by atoms with Gasteiger partial charge >= 0.3 is 0 Å². The second-order valence-electron chi connectivity index (χ2n) is 6.75. The highest BCUT2D eigenvalue weighted by Crippen LogP contribution is 2.19. The quantitative estimate of drug-likeness (QED) is 0.704. The Balaban J connectivity index is 1.41. The third-order valence-corrected chi connectivity index (χ3v) is 4.94. The first-order valence-electron chi connectivity index (χ1n) is 9.20. The molecule has 0 bridgehead atoms. The van der Waals surface area contributed by atoms with Gasteiger partial charge in [0.25, 0.3) is 0 Å². The lowest BCUT2D eigenvalue weighted by molar-refractivity contribution is -0.107. The van der Waals surface area contributed by atoms with Crippen molar-refractivity contribution < 1.29 is 14.6 Å². The number of rotatable bonds is 8. The SMILES string of the molecule is O=CCc1cccc(OCC(O)CN2CCN(c3ccc(Cl)cc3)CC2)c1. The number of aldehydes is 1. The molecule has 1 saturated heterocycles. The van der Waals surface area contributed by atoms with E-state index in [1.807, 2.05) is 48.5 Å². The van der Waals surface area contributed by atoms with Crippen LogP contribution in [-0.2, 0) is 11.2 Å². The Hall–Kier alpha value is -2.08. The molecule has 1 atom stereocenters. The summed E-state index contributed by atoms with van der Waals surface area (Å²) in [5.74, 6) is 0.681. The Labute approximate surface area is 165 Å². The summed E-state index contributed by atoms with van der Waals surface area (Å²) in [5.41, 5.74) is 2.09. The number of hydrogen-bond acceptors (Lipinski definition) is 5. The Kier molecular flexibility index (Phi) is 7.10. The van der Waals surface area contributed by atoms with Crippen LogP contribution in [0.1, 0.15) is 5.56 Å². The smallest absolute Gasteiger partial charge is 0.124 e. The minimum absolute atomic E-state index is 0.238. The summed E-state index contributed by atoms with van der Waals surface area (Å²) >= 11 is 5.95. The van der Waals surface area contributed by atoms with E-state index in [1.165, 1.54) is 5.69 Å². The number of carbonyl (C=O) groups is 1. The molecule has 1 N–H and O–H groups in total. The van der Waals surface area contributed by atoms with Gasteiger partial charge in [-0.15, -0.1) is 0 Å². The highest BCUT2D eigenvalue weighted by molar-refractivity contribution is 6.30. The number of halogens is 1. The van der Waals surface area contributed by atoms with E-state index in [4.69, 9.17) is 16.3 Å². The zero-order valence-electron chi connectivity index (χ0n) is 15.3. The molecule has 1 aliphatic rings. The van der Waals surface area contributed by atoms with Crippen molar-refractivity contribution in [3.8, 4) is 5.75 Å². The lowest BCUT2D eigenvalue weighted by atomic mass is 10.1. The van der Waals surface area contributed by atoms with Gasteiger partial charge in [-0.3, -0.25) is 4.90 Å². The maximum atomic E-state index is 10.6. The first-order valence-corrected chi connectivity index (χ1v) is 9.58. The van der Waals surface area contributed by atoms with Crippen LogP contribution in [0.3, 0.4) is 0 Å². The second kappa shape index (κ2) is 9.74. The number of benzene rings is 2. The molecule has 0 radical (unpaired) electrons. The van der Waals surface area contributed by atoms with Crippen LogP contribution in [0.5, 0.6) is 5.75 Å². The van der Waals surface area contributed by atoms with Crippen LogP contribution >= 0.6 is 11.6 Å². The van der Waals surface area contributed by atoms with Crippen molar-refractivity contribution in [2.24, 2.45) is 0 Å². The Bertz CT molecular complexity index is 730. The Morgan fingerprint density at radius 2 is 1.85 bits per heavy atom. The van der Waals surface area contributed by atoms with Crippen LogP contribution in [0.4, 0.5) is 5.69 Å². The predicted molar refractivity (Wildman–Crippen MR) is 108 cm³/mol. The van der Waals surface area contributed by atoms with Gasteiger partial charge in [-0.25, -0.2) is 0 Å². The van der Waals surface area contributed by atoms with Gasteiger partial charge in [0.1, 0.15) is 24.7 Å². The molecule has 5 nitrogen and oxygen atoms in total. The van der Waals surface area contributed by atoms with Gasteiger partial charge in [0.2, 0.25) is 0 Å². The van der Waals surface area contributed by atoms with Gasteiger partial charge in [-0.05, 0) is 42.0 Å². The third kappa shape index (κ3) is 5.96. The number of hydrogen-bond donors (Lipinski definition) is 1. The van der Waals surface area contributed by atoms with Gasteiger partial charge in [0.05, 0.1) is 0 Å². The maximum absolute atomic E-state index is 10.6. The zero-order chi connectivity index (χ0) is 19.1. The summed E-state index contributed by atoms with van der Waals surface area (Å²) in [6, 6.07) is 15.3. The number of anilines is 1. The van der Waals surface area contributed by atoms with Crippen molar-refractivity contribution in [3.05, 3.63) is 59.1 Å². The molecular weight excluding hydrogens is 364 g/mol. The van der Waals surface area contributed by atoms with Crippen molar-refractivity contribution >= 4 is 23.6 Å². The van der Waals surface area contributed by atoms with E-state index in [9.17, 15) is 9.90 Å². The van der Waals surface area contributed by atoms with E-state index in [0.717, 1.165) is 43.1 Å². The summed E-state index contributed by atoms with van der Waals surface area (Å²) in [5, 5.41) is 11.0. The molecule has 0 spiro atoms. The fraction of sp³-hybridized carbons (Fsp3) is 0.381. The number of nitrogens with zero attached hydrogens (tertiary/aromatic N) is 2. The van der Waals surface area contributed by atoms with Gasteiger partial charge in [-0.2, -0.15) is 0 Å². The van der Waals surface area contributed by atoms with Crippen molar-refractivity contribution in [2.75, 3.05) is 44.2 Å². The minimum Gasteiger partial charge on any atom is -0.491 e. The highest BCUT2D eigenvalue weighted by atomic mass is 35.5. The van der Waals surface area contributed by atoms with Crippen molar-refractivity contribution in [2.45, 2.75) is 12.5 Å². The summed E-state index contributed by atoms with van der Waals surface area (Å²) in [6.07, 6.45) is 0.691. The molecular formula is C21H25ClN2O3. The fourth-order valence-electron chi connectivity index (χ4n) is 3.24. The molecule has 2 aromatic rings. The predicted octanol–water partition coefficient (Wildman–Crippen LogP) is 2.64. The molecule has 6 heteroatoms. The van der Waals surface area contributed by atoms with Gasteiger partial charge in [-0.1, -0.05) is 23.7 Å². The second-order valence-corrected chi connectivity index (χ2v) is 7.18. The van der Waals surface area contributed by atoms with E-state index >= 15 is 0 Å². The summed E-state index contributed by atoms with van der Waals surface area (Å²) < 4.78 is 5.68. The third-order valence-electron chi connectivity index (χ3n) is 4.69. The average molecular weight is 389 g/mol. The highest BCUT2D eigenvalue weighted by Gasteiger charge is 2.19. The normalized spacial score (nSPS) is 16.1. The minimum atomic E-state index is -0.554. The number of aliphatic hydroxyl groups is 1. The molecule has 1 unspecified atom stereocenters. The topological polar surface area (TPSA) is 53.0 Å². The Morgan fingerprint density at radius 1 is 1.11 bits per heavy atom. The molecule has 1 heterocycles. The molecule has 0 saturated carbocycles. The molecule has 2 aromatic carbocycles. The number of β-amino-alcohol motifs (C(OH)–C–C–N with tert-alkyl or cyclic N) is 1. The number of carbonyl (C=O) groups excluding carboxylic acids is 1. The van der Waals surface area contributed by atoms with Crippen LogP contribution in [0.25, 0.3) is 0 Å². The van der Waals surface area contributed by atoms with E-state index < -0.39 is 6.10 Å². The largest absolute Gasteiger partial charge is 0.491 e. The number of piperazine rings is 1. The van der Waals surface area contributed by atoms with Crippen LogP contribution in [0.2, 0.25) is 5.02 Å². The van der Waals surface area contributed by atoms with Gasteiger partial charge < -0.3 is 19.5 Å². The van der Waals surface area contributed by atoms with Gasteiger partial charge in [0.15, 0.2) is 0 Å². The van der Waals surface area contributed by atoms with E-state index in [0.29, 0.717) is 18.7 Å². The summed E-state index contributed by atoms with van der Waals surface area (Å²) in [6.45, 7) is 4.46. The first-order chi connectivity index (χ1) is 13.1. The van der Waals surface area contributed by atoms with Crippen LogP contribution in [0.15, 0.2) is 48.5 Å². The molecule has 0 amide bonds. The number of ether oxygens (including phenoxy) is 1. The van der Waals surface area contributed by atoms with Gasteiger partial charge in [0, 0.05) is 49.9 Å². The molecule has 1 aliphatic heterocycles. The van der Waals surface area contributed by atoms with Crippen LogP contribution in [0, 0.1) is 0 Å². The average Bonchev–Trinajstić information content (AvgIpc) is 2.68. The van der Waals surface area contributed by atoms with E-state index in [2.05, 4.69) is 9.80 Å². The maximum Gasteiger partial charge on any atom is 0.124 e. The Morgan fingerprint density at radius 3 is 2.56 bits per heavy atom. The number of aliphatic hydroxyl groups excluding tert-OH is 1. The summed E-state index contributed by atoms with van der Waals surface area (Å²) in [4.78, 5) is 15.2. The standard InChI is InChI=1S/C21H25ClN2O3/c22-18-4-6-19(7-5-18)24-11-9-23(10-12-24)15-20(26)16-27-21-3-1-2-17(14-21)8-13-25/h1-7,13-14,20,26H,8-12,15-16H2. The lowest BCUT2D eigenvalue weighted by Crippen LogP contribution is -2.49. The van der Waals surface area contributed by atoms with Crippen molar-refractivity contribution in [3.63, 3.8) is 0 Å². The lowest BCUT2D eigenvalue weighted by Gasteiger charge is -2.36. The molecule has 3 rings (SSSR count). The molecule has 0 aliphatic carbocycles. The summed E-state index contributed by atoms with van der Waals surface area (Å²) in [7, 11) is 0. The fourth-order valence-corrected chi connectivity index (χ4v) is 3.37. The zero-order valence-corrected chi connectivity index (χ0v) is 16.0. The van der Waals surface area contributed by atoms with Crippen molar-refractivity contribution in [1.82, 2.24) is 4.90 Å². The molecule has 0 aromatic heterocycles. The molecule has 144 valence electrons. The van der Waals surface area contributed by atoms with Crippen molar-refractivity contribution in [1.29, 1.82) is 0 Å². The van der Waals surface area contributed by atoms with Crippen LogP contribution < -0.4 is 9.64 Å². The molecule has 27 heavy (non-hydrogen) atoms. The van der Waals surface area contributed by atoms with E-state index in [1.54, 1.807) is 0 Å².